The minimum Gasteiger partial charge on any atom is -0.465 e. The maximum absolute atomic E-state index is 11.5. The van der Waals surface area contributed by atoms with E-state index in [-0.39, 0.29) is 5.97 Å². The molecule has 4 heteroatoms. The summed E-state index contributed by atoms with van der Waals surface area (Å²) in [6.07, 6.45) is 0. The van der Waals surface area contributed by atoms with Crippen LogP contribution in [-0.4, -0.2) is 18.1 Å². The van der Waals surface area contributed by atoms with Crippen molar-refractivity contribution in [2.45, 2.75) is 13.8 Å². The number of carbonyl (C=O) groups excluding carboxylic acids is 1. The molecular formula is C11H11NO2S. The van der Waals surface area contributed by atoms with Gasteiger partial charge in [-0.1, -0.05) is 0 Å². The molecule has 0 aliphatic carbocycles. The van der Waals surface area contributed by atoms with Crippen molar-refractivity contribution >= 4 is 28.2 Å². The van der Waals surface area contributed by atoms with Gasteiger partial charge in [0.25, 0.3) is 0 Å². The molecule has 0 saturated carbocycles. The monoisotopic (exact) mass is 221 g/mol. The number of methoxy groups -OCH3 is 1. The van der Waals surface area contributed by atoms with Gasteiger partial charge in [0.15, 0.2) is 0 Å². The van der Waals surface area contributed by atoms with E-state index in [1.165, 1.54) is 18.4 Å². The summed E-state index contributed by atoms with van der Waals surface area (Å²) in [7, 11) is 1.39. The number of hydrogen-bond donors (Lipinski definition) is 0. The summed E-state index contributed by atoms with van der Waals surface area (Å²) in [5.41, 5.74) is 2.82. The zero-order chi connectivity index (χ0) is 11.0. The van der Waals surface area contributed by atoms with Crippen molar-refractivity contribution in [3.8, 4) is 0 Å². The van der Waals surface area contributed by atoms with Crippen molar-refractivity contribution in [3.05, 3.63) is 27.6 Å². The molecule has 0 spiro atoms. The number of pyridine rings is 1. The predicted molar refractivity (Wildman–Crippen MR) is 60.4 cm³/mol. The van der Waals surface area contributed by atoms with Gasteiger partial charge in [-0.05, 0) is 25.5 Å². The molecule has 2 aromatic heterocycles. The summed E-state index contributed by atoms with van der Waals surface area (Å²) in [5, 5.41) is 2.98. The Morgan fingerprint density at radius 3 is 2.87 bits per heavy atom. The maximum Gasteiger partial charge on any atom is 0.350 e. The molecule has 15 heavy (non-hydrogen) atoms. The Kier molecular flexibility index (Phi) is 2.44. The molecule has 2 heterocycles. The number of ether oxygens (including phenoxy) is 1. The predicted octanol–water partition coefficient (Wildman–Crippen LogP) is 2.70. The maximum atomic E-state index is 11.5. The summed E-state index contributed by atoms with van der Waals surface area (Å²) in [6, 6.07) is 2.01. The second-order valence-corrected chi connectivity index (χ2v) is 4.28. The van der Waals surface area contributed by atoms with Crippen molar-refractivity contribution in [2.75, 3.05) is 7.11 Å². The van der Waals surface area contributed by atoms with E-state index in [2.05, 4.69) is 4.98 Å². The Morgan fingerprint density at radius 1 is 1.47 bits per heavy atom. The summed E-state index contributed by atoms with van der Waals surface area (Å²) in [4.78, 5) is 16.4. The highest BCUT2D eigenvalue weighted by molar-refractivity contribution is 7.13. The zero-order valence-corrected chi connectivity index (χ0v) is 9.64. The second kappa shape index (κ2) is 3.62. The van der Waals surface area contributed by atoms with Crippen LogP contribution in [0.4, 0.5) is 0 Å². The summed E-state index contributed by atoms with van der Waals surface area (Å²) in [5.74, 6) is -0.312. The lowest BCUT2D eigenvalue weighted by Crippen LogP contribution is -1.99. The number of fused-ring (bicyclic) bond motifs is 1. The number of carbonyl (C=O) groups is 1. The van der Waals surface area contributed by atoms with Gasteiger partial charge in [-0.2, -0.15) is 0 Å². The lowest BCUT2D eigenvalue weighted by Gasteiger charge is -2.00. The lowest BCUT2D eigenvalue weighted by atomic mass is 10.1. The first-order chi connectivity index (χ1) is 7.13. The lowest BCUT2D eigenvalue weighted by molar-refractivity contribution is 0.0608. The number of esters is 1. The number of rotatable bonds is 1. The van der Waals surface area contributed by atoms with E-state index in [1.807, 2.05) is 25.3 Å². The molecule has 0 atom stereocenters. The van der Waals surface area contributed by atoms with Crippen LogP contribution in [0, 0.1) is 13.8 Å². The molecule has 0 aromatic carbocycles. The van der Waals surface area contributed by atoms with Crippen LogP contribution in [0.25, 0.3) is 10.9 Å². The van der Waals surface area contributed by atoms with Crippen LogP contribution in [0.3, 0.4) is 0 Å². The number of thiophene rings is 1. The Labute approximate surface area is 91.7 Å². The van der Waals surface area contributed by atoms with Gasteiger partial charge in [0, 0.05) is 16.5 Å². The van der Waals surface area contributed by atoms with Gasteiger partial charge >= 0.3 is 5.97 Å². The van der Waals surface area contributed by atoms with Crippen LogP contribution in [0.1, 0.15) is 20.9 Å². The number of hydrogen-bond acceptors (Lipinski definition) is 4. The van der Waals surface area contributed by atoms with Gasteiger partial charge in [0.1, 0.15) is 4.88 Å². The largest absolute Gasteiger partial charge is 0.465 e. The van der Waals surface area contributed by atoms with E-state index in [0.717, 1.165) is 22.2 Å². The van der Waals surface area contributed by atoms with Crippen LogP contribution in [0.15, 0.2) is 11.4 Å². The van der Waals surface area contributed by atoms with Gasteiger partial charge in [0.05, 0.1) is 12.6 Å². The molecule has 0 aliphatic heterocycles. The normalized spacial score (nSPS) is 10.6. The molecule has 2 aromatic rings. The van der Waals surface area contributed by atoms with Crippen molar-refractivity contribution in [3.63, 3.8) is 0 Å². The smallest absolute Gasteiger partial charge is 0.350 e. The van der Waals surface area contributed by atoms with E-state index in [4.69, 9.17) is 4.74 Å². The first-order valence-corrected chi connectivity index (χ1v) is 5.45. The van der Waals surface area contributed by atoms with Crippen molar-refractivity contribution < 1.29 is 9.53 Å². The molecular weight excluding hydrogens is 210 g/mol. The molecule has 0 amide bonds. The van der Waals surface area contributed by atoms with Crippen LogP contribution < -0.4 is 0 Å². The fraction of sp³-hybridized carbons (Fsp3) is 0.273. The second-order valence-electron chi connectivity index (χ2n) is 3.40. The number of nitrogens with zero attached hydrogens (tertiary/aromatic N) is 1. The highest BCUT2D eigenvalue weighted by atomic mass is 32.1. The minimum atomic E-state index is -0.312. The molecule has 0 saturated heterocycles. The first kappa shape index (κ1) is 10.1. The fourth-order valence-corrected chi connectivity index (χ4v) is 2.56. The standard InChI is InChI=1S/C11H11NO2S/c1-6-4-7(2)12-9-8(6)5-15-10(9)11(13)14-3/h4-5H,1-3H3. The van der Waals surface area contributed by atoms with Gasteiger partial charge < -0.3 is 4.74 Å². The molecule has 0 N–H and O–H groups in total. The van der Waals surface area contributed by atoms with Gasteiger partial charge in [-0.3, -0.25) is 4.98 Å². The third-order valence-corrected chi connectivity index (χ3v) is 3.22. The van der Waals surface area contributed by atoms with E-state index in [9.17, 15) is 4.79 Å². The van der Waals surface area contributed by atoms with E-state index >= 15 is 0 Å². The van der Waals surface area contributed by atoms with Crippen LogP contribution in [-0.2, 0) is 4.74 Å². The van der Waals surface area contributed by atoms with E-state index in [0.29, 0.717) is 4.88 Å². The average molecular weight is 221 g/mol. The van der Waals surface area contributed by atoms with Gasteiger partial charge in [-0.25, -0.2) is 4.79 Å². The Bertz CT molecular complexity index is 531. The molecule has 78 valence electrons. The molecule has 0 bridgehead atoms. The van der Waals surface area contributed by atoms with Crippen LogP contribution in [0.2, 0.25) is 0 Å². The summed E-state index contributed by atoms with van der Waals surface area (Å²) >= 11 is 1.38. The van der Waals surface area contributed by atoms with Gasteiger partial charge in [-0.15, -0.1) is 11.3 Å². The highest BCUT2D eigenvalue weighted by Gasteiger charge is 2.15. The SMILES string of the molecule is COC(=O)c1scc2c(C)cc(C)nc12. The third-order valence-electron chi connectivity index (χ3n) is 2.27. The third kappa shape index (κ3) is 1.61. The zero-order valence-electron chi connectivity index (χ0n) is 8.83. The molecule has 2 rings (SSSR count). The average Bonchev–Trinajstić information content (AvgIpc) is 2.60. The Hall–Kier alpha value is -1.42. The fourth-order valence-electron chi connectivity index (χ4n) is 1.58. The molecule has 0 aliphatic rings. The Morgan fingerprint density at radius 2 is 2.20 bits per heavy atom. The van der Waals surface area contributed by atoms with Crippen molar-refractivity contribution in [1.82, 2.24) is 4.98 Å². The van der Waals surface area contributed by atoms with Crippen molar-refractivity contribution in [1.29, 1.82) is 0 Å². The first-order valence-electron chi connectivity index (χ1n) is 4.57. The van der Waals surface area contributed by atoms with E-state index < -0.39 is 0 Å². The number of aromatic nitrogens is 1. The molecule has 0 unspecified atom stereocenters. The summed E-state index contributed by atoms with van der Waals surface area (Å²) < 4.78 is 4.71. The topological polar surface area (TPSA) is 39.2 Å². The quantitative estimate of drug-likeness (QED) is 0.695. The van der Waals surface area contributed by atoms with Gasteiger partial charge in [0.2, 0.25) is 0 Å². The molecule has 0 fully saturated rings. The minimum absolute atomic E-state index is 0.312. The molecule has 3 nitrogen and oxygen atoms in total. The number of aryl methyl sites for hydroxylation is 2. The Balaban J connectivity index is 2.74. The van der Waals surface area contributed by atoms with E-state index in [1.54, 1.807) is 0 Å². The summed E-state index contributed by atoms with van der Waals surface area (Å²) in [6.45, 7) is 3.94. The highest BCUT2D eigenvalue weighted by Crippen LogP contribution is 2.27. The molecule has 0 radical (unpaired) electrons. The van der Waals surface area contributed by atoms with Crippen LogP contribution in [0.5, 0.6) is 0 Å². The van der Waals surface area contributed by atoms with Crippen LogP contribution >= 0.6 is 11.3 Å². The van der Waals surface area contributed by atoms with Crippen molar-refractivity contribution in [2.24, 2.45) is 0 Å².